The summed E-state index contributed by atoms with van der Waals surface area (Å²) in [5.41, 5.74) is 0. The summed E-state index contributed by atoms with van der Waals surface area (Å²) in [5, 5.41) is 9.98. The molecule has 0 fully saturated rings. The minimum atomic E-state index is -0.508. The summed E-state index contributed by atoms with van der Waals surface area (Å²) in [6.45, 7) is 3.79. The van der Waals surface area contributed by atoms with Gasteiger partial charge in [-0.25, -0.2) is 0 Å². The van der Waals surface area contributed by atoms with E-state index in [2.05, 4.69) is 6.58 Å². The molecule has 0 aromatic heterocycles. The fourth-order valence-corrected chi connectivity index (χ4v) is 1.19. The van der Waals surface area contributed by atoms with Crippen molar-refractivity contribution in [1.82, 2.24) is 0 Å². The number of halogens is 1. The molecule has 3 heteroatoms. The van der Waals surface area contributed by atoms with Crippen LogP contribution >= 0.6 is 11.6 Å². The highest BCUT2D eigenvalue weighted by atomic mass is 35.5. The Kier molecular flexibility index (Phi) is 4.50. The summed E-state index contributed by atoms with van der Waals surface area (Å²) in [6, 6.07) is 7.08. The van der Waals surface area contributed by atoms with E-state index in [9.17, 15) is 5.11 Å². The summed E-state index contributed by atoms with van der Waals surface area (Å²) >= 11 is 5.76. The van der Waals surface area contributed by atoms with Gasteiger partial charge in [-0.2, -0.15) is 0 Å². The van der Waals surface area contributed by atoms with Gasteiger partial charge in [-0.15, -0.1) is 6.58 Å². The summed E-state index contributed by atoms with van der Waals surface area (Å²) in [7, 11) is 0. The third-order valence-electron chi connectivity index (χ3n) is 1.68. The molecule has 2 nitrogen and oxygen atoms in total. The molecule has 1 rings (SSSR count). The van der Waals surface area contributed by atoms with Crippen molar-refractivity contribution in [3.05, 3.63) is 41.9 Å². The number of rotatable bonds is 5. The van der Waals surface area contributed by atoms with E-state index < -0.39 is 6.10 Å². The van der Waals surface area contributed by atoms with Gasteiger partial charge in [-0.1, -0.05) is 23.7 Å². The standard InChI is InChI=1S/C11H13ClO2/c1-2-4-10(13)8-14-11-6-3-5-9(12)7-11/h2-3,5-7,10,13H,1,4,8H2. The molecule has 1 atom stereocenters. The maximum atomic E-state index is 9.35. The second-order valence-electron chi connectivity index (χ2n) is 2.95. The van der Waals surface area contributed by atoms with Gasteiger partial charge in [-0.05, 0) is 24.6 Å². The second-order valence-corrected chi connectivity index (χ2v) is 3.38. The molecule has 1 aromatic rings. The van der Waals surface area contributed by atoms with Crippen LogP contribution in [-0.4, -0.2) is 17.8 Å². The summed E-state index contributed by atoms with van der Waals surface area (Å²) < 4.78 is 5.32. The van der Waals surface area contributed by atoms with Crippen LogP contribution in [0.25, 0.3) is 0 Å². The van der Waals surface area contributed by atoms with Crippen molar-refractivity contribution in [2.24, 2.45) is 0 Å². The number of benzene rings is 1. The van der Waals surface area contributed by atoms with E-state index in [1.54, 1.807) is 30.3 Å². The Morgan fingerprint density at radius 2 is 2.36 bits per heavy atom. The minimum absolute atomic E-state index is 0.256. The topological polar surface area (TPSA) is 29.5 Å². The molecule has 1 aromatic carbocycles. The van der Waals surface area contributed by atoms with Crippen LogP contribution in [0.2, 0.25) is 5.02 Å². The van der Waals surface area contributed by atoms with Crippen molar-refractivity contribution < 1.29 is 9.84 Å². The number of aliphatic hydroxyl groups is 1. The number of hydrogen-bond donors (Lipinski definition) is 1. The van der Waals surface area contributed by atoms with Crippen LogP contribution in [0, 0.1) is 0 Å². The van der Waals surface area contributed by atoms with Crippen LogP contribution in [-0.2, 0) is 0 Å². The van der Waals surface area contributed by atoms with Crippen LogP contribution in [0.5, 0.6) is 5.75 Å². The first-order valence-electron chi connectivity index (χ1n) is 4.39. The molecule has 0 heterocycles. The van der Waals surface area contributed by atoms with Crippen LogP contribution in [0.15, 0.2) is 36.9 Å². The second kappa shape index (κ2) is 5.68. The predicted octanol–water partition coefficient (Wildman–Crippen LogP) is 2.66. The molecule has 0 radical (unpaired) electrons. The molecule has 0 aliphatic heterocycles. The van der Waals surface area contributed by atoms with Crippen LogP contribution in [0.1, 0.15) is 6.42 Å². The largest absolute Gasteiger partial charge is 0.491 e. The van der Waals surface area contributed by atoms with E-state index in [1.165, 1.54) is 0 Å². The van der Waals surface area contributed by atoms with E-state index in [0.29, 0.717) is 17.2 Å². The van der Waals surface area contributed by atoms with Crippen LogP contribution < -0.4 is 4.74 Å². The maximum absolute atomic E-state index is 9.35. The van der Waals surface area contributed by atoms with Crippen LogP contribution in [0.3, 0.4) is 0 Å². The Morgan fingerprint density at radius 3 is 3.00 bits per heavy atom. The molecular formula is C11H13ClO2. The molecule has 14 heavy (non-hydrogen) atoms. The van der Waals surface area contributed by atoms with Gasteiger partial charge >= 0.3 is 0 Å². The smallest absolute Gasteiger partial charge is 0.120 e. The van der Waals surface area contributed by atoms with Gasteiger partial charge in [0, 0.05) is 5.02 Å². The molecule has 0 saturated heterocycles. The number of ether oxygens (including phenoxy) is 1. The molecule has 76 valence electrons. The molecule has 0 aliphatic rings. The van der Waals surface area contributed by atoms with Crippen molar-refractivity contribution in [3.8, 4) is 5.75 Å². The first-order chi connectivity index (χ1) is 6.72. The highest BCUT2D eigenvalue weighted by molar-refractivity contribution is 6.30. The Hall–Kier alpha value is -0.990. The highest BCUT2D eigenvalue weighted by Crippen LogP contribution is 2.17. The zero-order valence-corrected chi connectivity index (χ0v) is 8.57. The van der Waals surface area contributed by atoms with Crippen molar-refractivity contribution in [2.75, 3.05) is 6.61 Å². The van der Waals surface area contributed by atoms with E-state index in [4.69, 9.17) is 16.3 Å². The normalized spacial score (nSPS) is 12.1. The summed E-state index contributed by atoms with van der Waals surface area (Å²) in [6.07, 6.45) is 1.68. The van der Waals surface area contributed by atoms with Gasteiger partial charge in [0.2, 0.25) is 0 Å². The monoisotopic (exact) mass is 212 g/mol. The van der Waals surface area contributed by atoms with E-state index in [-0.39, 0.29) is 6.61 Å². The molecule has 0 aliphatic carbocycles. The van der Waals surface area contributed by atoms with Gasteiger partial charge in [0.05, 0.1) is 6.10 Å². The number of hydrogen-bond acceptors (Lipinski definition) is 2. The third kappa shape index (κ3) is 3.81. The molecule has 0 saturated carbocycles. The van der Waals surface area contributed by atoms with Gasteiger partial charge in [0.1, 0.15) is 12.4 Å². The van der Waals surface area contributed by atoms with Crippen molar-refractivity contribution in [3.63, 3.8) is 0 Å². The molecule has 1 N–H and O–H groups in total. The average molecular weight is 213 g/mol. The lowest BCUT2D eigenvalue weighted by Gasteiger charge is -2.10. The van der Waals surface area contributed by atoms with Gasteiger partial charge in [0.25, 0.3) is 0 Å². The SMILES string of the molecule is C=CCC(O)COc1cccc(Cl)c1. The van der Waals surface area contributed by atoms with Crippen LogP contribution in [0.4, 0.5) is 0 Å². The van der Waals surface area contributed by atoms with E-state index in [0.717, 1.165) is 0 Å². The Morgan fingerprint density at radius 1 is 1.57 bits per heavy atom. The molecule has 0 bridgehead atoms. The lowest BCUT2D eigenvalue weighted by atomic mass is 10.3. The lowest BCUT2D eigenvalue weighted by molar-refractivity contribution is 0.110. The van der Waals surface area contributed by atoms with Gasteiger partial charge in [-0.3, -0.25) is 0 Å². The van der Waals surface area contributed by atoms with Gasteiger partial charge < -0.3 is 9.84 Å². The highest BCUT2D eigenvalue weighted by Gasteiger charge is 2.02. The Bertz CT molecular complexity index is 299. The third-order valence-corrected chi connectivity index (χ3v) is 1.91. The average Bonchev–Trinajstić information content (AvgIpc) is 2.15. The first-order valence-corrected chi connectivity index (χ1v) is 4.77. The van der Waals surface area contributed by atoms with Crippen molar-refractivity contribution in [2.45, 2.75) is 12.5 Å². The number of aliphatic hydroxyl groups excluding tert-OH is 1. The Labute approximate surface area is 88.8 Å². The minimum Gasteiger partial charge on any atom is -0.491 e. The fraction of sp³-hybridized carbons (Fsp3) is 0.273. The van der Waals surface area contributed by atoms with Crippen molar-refractivity contribution in [1.29, 1.82) is 0 Å². The zero-order chi connectivity index (χ0) is 10.4. The molecule has 0 spiro atoms. The quantitative estimate of drug-likeness (QED) is 0.761. The fourth-order valence-electron chi connectivity index (χ4n) is 1.01. The zero-order valence-electron chi connectivity index (χ0n) is 7.82. The lowest BCUT2D eigenvalue weighted by Crippen LogP contribution is -2.16. The molecular weight excluding hydrogens is 200 g/mol. The predicted molar refractivity (Wildman–Crippen MR) is 57.8 cm³/mol. The Balaban J connectivity index is 2.41. The van der Waals surface area contributed by atoms with E-state index >= 15 is 0 Å². The summed E-state index contributed by atoms with van der Waals surface area (Å²) in [5.74, 6) is 0.667. The van der Waals surface area contributed by atoms with E-state index in [1.807, 2.05) is 0 Å². The van der Waals surface area contributed by atoms with Crippen molar-refractivity contribution >= 4 is 11.6 Å². The summed E-state index contributed by atoms with van der Waals surface area (Å²) in [4.78, 5) is 0. The first kappa shape index (κ1) is 11.1. The molecule has 1 unspecified atom stereocenters. The maximum Gasteiger partial charge on any atom is 0.120 e. The van der Waals surface area contributed by atoms with Gasteiger partial charge in [0.15, 0.2) is 0 Å². The molecule has 0 amide bonds.